The second-order valence-corrected chi connectivity index (χ2v) is 6.49. The molecule has 0 radical (unpaired) electrons. The summed E-state index contributed by atoms with van der Waals surface area (Å²) in [5.41, 5.74) is 2.83. The number of aryl methyl sites for hydroxylation is 2. The maximum Gasteiger partial charge on any atom is 0.0847 e. The van der Waals surface area contributed by atoms with Crippen molar-refractivity contribution in [3.63, 3.8) is 0 Å². The Morgan fingerprint density at radius 3 is 2.19 bits per heavy atom. The van der Waals surface area contributed by atoms with Gasteiger partial charge in [-0.3, -0.25) is 4.68 Å². The third-order valence-electron chi connectivity index (χ3n) is 3.79. The molecule has 0 aliphatic carbocycles. The van der Waals surface area contributed by atoms with Gasteiger partial charge in [0.25, 0.3) is 0 Å². The lowest BCUT2D eigenvalue weighted by atomic mass is 9.81. The smallest absolute Gasteiger partial charge is 0.0847 e. The van der Waals surface area contributed by atoms with E-state index in [0.717, 1.165) is 17.8 Å². The van der Waals surface area contributed by atoms with E-state index in [0.29, 0.717) is 23.2 Å². The predicted molar refractivity (Wildman–Crippen MR) is 90.7 cm³/mol. The Hall–Kier alpha value is -0.700. The topological polar surface area (TPSA) is 17.8 Å². The molecule has 2 aromatic rings. The molecular weight excluding hydrogens is 327 g/mol. The molecule has 2 nitrogen and oxygen atoms in total. The summed E-state index contributed by atoms with van der Waals surface area (Å²) in [4.78, 5) is 0. The van der Waals surface area contributed by atoms with Crippen LogP contribution in [0.1, 0.15) is 17.0 Å². The Morgan fingerprint density at radius 1 is 1.10 bits per heavy atom. The third-order valence-corrected chi connectivity index (χ3v) is 5.42. The lowest BCUT2D eigenvalue weighted by Gasteiger charge is -2.30. The van der Waals surface area contributed by atoms with Gasteiger partial charge >= 0.3 is 0 Å². The standard InChI is InChI=1S/C16H19Cl3N2/c1-12-15(19)14(21(2)20-12)9-16(10-17,11-18)8-13-6-4-3-5-7-13/h3-7H,8-11H2,1-2H3. The highest BCUT2D eigenvalue weighted by Gasteiger charge is 2.32. The molecule has 0 bridgehead atoms. The van der Waals surface area contributed by atoms with Crippen molar-refractivity contribution in [2.24, 2.45) is 12.5 Å². The van der Waals surface area contributed by atoms with E-state index >= 15 is 0 Å². The minimum Gasteiger partial charge on any atom is -0.271 e. The Kier molecular flexibility index (Phi) is 5.59. The van der Waals surface area contributed by atoms with Crippen molar-refractivity contribution >= 4 is 34.8 Å². The molecule has 21 heavy (non-hydrogen) atoms. The van der Waals surface area contributed by atoms with Crippen LogP contribution in [0.5, 0.6) is 0 Å². The fraction of sp³-hybridized carbons (Fsp3) is 0.438. The number of benzene rings is 1. The van der Waals surface area contributed by atoms with Gasteiger partial charge in [-0.2, -0.15) is 5.10 Å². The maximum atomic E-state index is 6.37. The number of aromatic nitrogens is 2. The quantitative estimate of drug-likeness (QED) is 0.698. The molecule has 0 N–H and O–H groups in total. The summed E-state index contributed by atoms with van der Waals surface area (Å²) in [7, 11) is 1.91. The Morgan fingerprint density at radius 2 is 1.71 bits per heavy atom. The summed E-state index contributed by atoms with van der Waals surface area (Å²) >= 11 is 18.9. The van der Waals surface area contributed by atoms with Crippen LogP contribution in [-0.4, -0.2) is 21.5 Å². The summed E-state index contributed by atoms with van der Waals surface area (Å²) in [5.74, 6) is 0.956. The summed E-state index contributed by atoms with van der Waals surface area (Å²) in [5, 5.41) is 5.08. The van der Waals surface area contributed by atoms with Gasteiger partial charge < -0.3 is 0 Å². The van der Waals surface area contributed by atoms with E-state index in [2.05, 4.69) is 17.2 Å². The number of hydrogen-bond acceptors (Lipinski definition) is 1. The van der Waals surface area contributed by atoms with Crippen LogP contribution >= 0.6 is 34.8 Å². The molecule has 0 fully saturated rings. The first kappa shape index (κ1) is 16.7. The van der Waals surface area contributed by atoms with Crippen LogP contribution in [0.2, 0.25) is 5.02 Å². The molecule has 5 heteroatoms. The van der Waals surface area contributed by atoms with E-state index in [1.807, 2.05) is 36.9 Å². The number of nitrogens with zero attached hydrogens (tertiary/aromatic N) is 2. The normalized spacial score (nSPS) is 11.9. The van der Waals surface area contributed by atoms with Crippen LogP contribution in [0.3, 0.4) is 0 Å². The van der Waals surface area contributed by atoms with Crippen LogP contribution in [-0.2, 0) is 19.9 Å². The third kappa shape index (κ3) is 3.74. The molecule has 0 saturated carbocycles. The lowest BCUT2D eigenvalue weighted by molar-refractivity contribution is 0.363. The minimum absolute atomic E-state index is 0.228. The molecule has 0 saturated heterocycles. The number of halogens is 3. The zero-order valence-corrected chi connectivity index (χ0v) is 14.5. The molecule has 0 unspecified atom stereocenters. The van der Waals surface area contributed by atoms with E-state index in [9.17, 15) is 0 Å². The molecule has 1 aromatic heterocycles. The molecule has 0 spiro atoms. The molecule has 0 atom stereocenters. The van der Waals surface area contributed by atoms with Crippen LogP contribution < -0.4 is 0 Å². The first-order valence-corrected chi connectivity index (χ1v) is 8.30. The van der Waals surface area contributed by atoms with Crippen LogP contribution in [0.15, 0.2) is 30.3 Å². The first-order valence-electron chi connectivity index (χ1n) is 6.85. The zero-order valence-electron chi connectivity index (χ0n) is 12.2. The van der Waals surface area contributed by atoms with Crippen molar-refractivity contribution in [2.75, 3.05) is 11.8 Å². The van der Waals surface area contributed by atoms with Crippen LogP contribution in [0.4, 0.5) is 0 Å². The van der Waals surface area contributed by atoms with Crippen molar-refractivity contribution in [3.8, 4) is 0 Å². The molecule has 0 aliphatic rings. The van der Waals surface area contributed by atoms with Gasteiger partial charge in [-0.15, -0.1) is 23.2 Å². The van der Waals surface area contributed by atoms with Crippen LogP contribution in [0, 0.1) is 12.3 Å². The van der Waals surface area contributed by atoms with E-state index in [4.69, 9.17) is 34.8 Å². The molecule has 0 aliphatic heterocycles. The van der Waals surface area contributed by atoms with E-state index in [1.54, 1.807) is 0 Å². The highest BCUT2D eigenvalue weighted by molar-refractivity contribution is 6.31. The fourth-order valence-corrected chi connectivity index (χ4v) is 3.43. The monoisotopic (exact) mass is 344 g/mol. The number of hydrogen-bond donors (Lipinski definition) is 0. The number of rotatable bonds is 6. The Balaban J connectivity index is 2.30. The van der Waals surface area contributed by atoms with Gasteiger partial charge in [-0.05, 0) is 25.3 Å². The number of alkyl halides is 2. The van der Waals surface area contributed by atoms with Gasteiger partial charge in [0, 0.05) is 24.2 Å². The Bertz CT molecular complexity index is 589. The van der Waals surface area contributed by atoms with Gasteiger partial charge in [-0.1, -0.05) is 41.9 Å². The molecule has 0 amide bonds. The zero-order chi connectivity index (χ0) is 15.5. The van der Waals surface area contributed by atoms with Crippen molar-refractivity contribution in [3.05, 3.63) is 52.3 Å². The summed E-state index contributed by atoms with van der Waals surface area (Å²) in [6, 6.07) is 10.3. The first-order chi connectivity index (χ1) is 10.0. The highest BCUT2D eigenvalue weighted by Crippen LogP contribution is 2.34. The molecule has 2 rings (SSSR count). The van der Waals surface area contributed by atoms with Gasteiger partial charge in [0.1, 0.15) is 0 Å². The summed E-state index contributed by atoms with van der Waals surface area (Å²) in [6.45, 7) is 1.91. The van der Waals surface area contributed by atoms with Crippen molar-refractivity contribution in [1.82, 2.24) is 9.78 Å². The molecule has 1 heterocycles. The maximum absolute atomic E-state index is 6.37. The Labute approximate surface area is 141 Å². The average molecular weight is 346 g/mol. The van der Waals surface area contributed by atoms with Gasteiger partial charge in [0.05, 0.1) is 16.4 Å². The van der Waals surface area contributed by atoms with E-state index < -0.39 is 0 Å². The average Bonchev–Trinajstić information content (AvgIpc) is 2.73. The molecular formula is C16H19Cl3N2. The fourth-order valence-electron chi connectivity index (χ4n) is 2.54. The molecule has 114 valence electrons. The molecule has 1 aromatic carbocycles. The van der Waals surface area contributed by atoms with Gasteiger partial charge in [0.15, 0.2) is 0 Å². The summed E-state index contributed by atoms with van der Waals surface area (Å²) < 4.78 is 1.83. The summed E-state index contributed by atoms with van der Waals surface area (Å²) in [6.07, 6.45) is 1.53. The lowest BCUT2D eigenvalue weighted by Crippen LogP contribution is -2.32. The predicted octanol–water partition coefficient (Wildman–Crippen LogP) is 4.63. The van der Waals surface area contributed by atoms with Gasteiger partial charge in [-0.25, -0.2) is 0 Å². The second kappa shape index (κ2) is 7.04. The van der Waals surface area contributed by atoms with Crippen molar-refractivity contribution in [1.29, 1.82) is 0 Å². The van der Waals surface area contributed by atoms with Crippen molar-refractivity contribution in [2.45, 2.75) is 19.8 Å². The van der Waals surface area contributed by atoms with Crippen molar-refractivity contribution < 1.29 is 0 Å². The SMILES string of the molecule is Cc1nn(C)c(CC(CCl)(CCl)Cc2ccccc2)c1Cl. The van der Waals surface area contributed by atoms with E-state index in [-0.39, 0.29) is 5.41 Å². The largest absolute Gasteiger partial charge is 0.271 e. The second-order valence-electron chi connectivity index (χ2n) is 5.58. The van der Waals surface area contributed by atoms with Gasteiger partial charge in [0.2, 0.25) is 0 Å². The highest BCUT2D eigenvalue weighted by atomic mass is 35.5. The van der Waals surface area contributed by atoms with Crippen LogP contribution in [0.25, 0.3) is 0 Å². The minimum atomic E-state index is -0.228. The van der Waals surface area contributed by atoms with E-state index in [1.165, 1.54) is 5.56 Å².